The molecule has 1 aliphatic heterocycles. The van der Waals surface area contributed by atoms with Crippen LogP contribution in [0.2, 0.25) is 0 Å². The van der Waals surface area contributed by atoms with Gasteiger partial charge in [0.05, 0.1) is 13.2 Å². The molecule has 20 heavy (non-hydrogen) atoms. The summed E-state index contributed by atoms with van der Waals surface area (Å²) in [5, 5.41) is 12.8. The van der Waals surface area contributed by atoms with Crippen LogP contribution in [-0.4, -0.2) is 57.3 Å². The second-order valence-corrected chi connectivity index (χ2v) is 5.38. The number of fused-ring (bicyclic) bond motifs is 1. The van der Waals surface area contributed by atoms with Gasteiger partial charge in [0.1, 0.15) is 5.52 Å². The molecule has 0 radical (unpaired) electrons. The van der Waals surface area contributed by atoms with E-state index in [1.54, 1.807) is 6.20 Å². The molecule has 0 amide bonds. The average Bonchev–Trinajstić information content (AvgIpc) is 2.80. The number of piperidine rings is 1. The van der Waals surface area contributed by atoms with Crippen molar-refractivity contribution in [2.45, 2.75) is 25.4 Å². The van der Waals surface area contributed by atoms with Gasteiger partial charge in [0.15, 0.2) is 5.65 Å². The maximum Gasteiger partial charge on any atom is 0.205 e. The highest BCUT2D eigenvalue weighted by Crippen LogP contribution is 2.20. The number of nitrogens with zero attached hydrogens (tertiary/aromatic N) is 4. The first-order valence-corrected chi connectivity index (χ1v) is 7.15. The van der Waals surface area contributed by atoms with Crippen molar-refractivity contribution in [1.82, 2.24) is 19.4 Å². The largest absolute Gasteiger partial charge is 0.395 e. The summed E-state index contributed by atoms with van der Waals surface area (Å²) in [5.41, 5.74) is 1.70. The van der Waals surface area contributed by atoms with E-state index in [1.165, 1.54) is 0 Å². The Bertz CT molecular complexity index is 574. The molecule has 1 fully saturated rings. The summed E-state index contributed by atoms with van der Waals surface area (Å²) in [6, 6.07) is 4.29. The van der Waals surface area contributed by atoms with Crippen LogP contribution < -0.4 is 5.32 Å². The van der Waals surface area contributed by atoms with Crippen molar-refractivity contribution in [3.8, 4) is 0 Å². The third-order valence-corrected chi connectivity index (χ3v) is 3.88. The molecule has 3 rings (SSSR count). The normalized spacial score (nSPS) is 17.7. The van der Waals surface area contributed by atoms with Crippen LogP contribution in [-0.2, 0) is 6.54 Å². The summed E-state index contributed by atoms with van der Waals surface area (Å²) in [7, 11) is 2.15. The van der Waals surface area contributed by atoms with Gasteiger partial charge >= 0.3 is 0 Å². The Kier molecular flexibility index (Phi) is 3.84. The Hall–Kier alpha value is -1.66. The lowest BCUT2D eigenvalue weighted by atomic mass is 10.1. The second-order valence-electron chi connectivity index (χ2n) is 5.38. The third-order valence-electron chi connectivity index (χ3n) is 3.88. The van der Waals surface area contributed by atoms with Gasteiger partial charge in [0, 0.05) is 12.2 Å². The minimum Gasteiger partial charge on any atom is -0.395 e. The number of nitrogens with one attached hydrogen (secondary N) is 1. The highest BCUT2D eigenvalue weighted by Gasteiger charge is 2.19. The first-order valence-electron chi connectivity index (χ1n) is 7.15. The lowest BCUT2D eigenvalue weighted by Crippen LogP contribution is -2.37. The smallest absolute Gasteiger partial charge is 0.205 e. The van der Waals surface area contributed by atoms with Gasteiger partial charge in [0.25, 0.3) is 0 Å². The van der Waals surface area contributed by atoms with Crippen LogP contribution in [0.15, 0.2) is 18.3 Å². The molecule has 0 spiro atoms. The fraction of sp³-hybridized carbons (Fsp3) is 0.571. The standard InChI is InChI=1S/C14H21N5O/c1-18-7-4-11(5-8-18)16-14-17-12-3-2-6-15-13(12)19(14)9-10-20/h2-3,6,11,20H,4-5,7-10H2,1H3,(H,16,17). The van der Waals surface area contributed by atoms with Gasteiger partial charge in [-0.1, -0.05) is 0 Å². The van der Waals surface area contributed by atoms with Crippen molar-refractivity contribution in [1.29, 1.82) is 0 Å². The first-order chi connectivity index (χ1) is 9.78. The van der Waals surface area contributed by atoms with Gasteiger partial charge in [-0.2, -0.15) is 0 Å². The molecular formula is C14H21N5O. The van der Waals surface area contributed by atoms with Crippen LogP contribution in [0.4, 0.5) is 5.95 Å². The Morgan fingerprint density at radius 1 is 1.40 bits per heavy atom. The molecule has 0 unspecified atom stereocenters. The predicted octanol–water partition coefficient (Wildman–Crippen LogP) is 0.930. The number of likely N-dealkylation sites (tertiary alicyclic amines) is 1. The van der Waals surface area contributed by atoms with Gasteiger partial charge in [-0.3, -0.25) is 4.57 Å². The van der Waals surface area contributed by atoms with E-state index < -0.39 is 0 Å². The van der Waals surface area contributed by atoms with Crippen LogP contribution in [0.25, 0.3) is 11.2 Å². The van der Waals surface area contributed by atoms with Crippen molar-refractivity contribution in [3.05, 3.63) is 18.3 Å². The molecule has 0 aromatic carbocycles. The number of hydrogen-bond acceptors (Lipinski definition) is 5. The Morgan fingerprint density at radius 3 is 2.95 bits per heavy atom. The van der Waals surface area contributed by atoms with E-state index in [9.17, 15) is 5.11 Å². The molecule has 1 aliphatic rings. The van der Waals surface area contributed by atoms with Gasteiger partial charge in [0.2, 0.25) is 5.95 Å². The molecule has 2 aromatic rings. The minimum absolute atomic E-state index is 0.0874. The third kappa shape index (κ3) is 2.62. The number of rotatable bonds is 4. The highest BCUT2D eigenvalue weighted by atomic mass is 16.3. The van der Waals surface area contributed by atoms with Crippen molar-refractivity contribution < 1.29 is 5.11 Å². The van der Waals surface area contributed by atoms with Crippen LogP contribution in [0, 0.1) is 0 Å². The van der Waals surface area contributed by atoms with Crippen LogP contribution >= 0.6 is 0 Å². The first kappa shape index (κ1) is 13.3. The molecule has 0 saturated carbocycles. The number of aliphatic hydroxyl groups excluding tert-OH is 1. The molecule has 3 heterocycles. The topological polar surface area (TPSA) is 66.2 Å². The van der Waals surface area contributed by atoms with Crippen molar-refractivity contribution in [2.24, 2.45) is 0 Å². The average molecular weight is 275 g/mol. The fourth-order valence-corrected chi connectivity index (χ4v) is 2.72. The van der Waals surface area contributed by atoms with E-state index in [2.05, 4.69) is 27.2 Å². The zero-order valence-corrected chi connectivity index (χ0v) is 11.8. The molecule has 1 saturated heterocycles. The zero-order valence-electron chi connectivity index (χ0n) is 11.8. The summed E-state index contributed by atoms with van der Waals surface area (Å²) in [6.07, 6.45) is 4.00. The monoisotopic (exact) mass is 275 g/mol. The Balaban J connectivity index is 1.84. The molecule has 108 valence electrons. The van der Waals surface area contributed by atoms with Crippen molar-refractivity contribution in [3.63, 3.8) is 0 Å². The molecule has 0 atom stereocenters. The van der Waals surface area contributed by atoms with E-state index in [0.717, 1.165) is 43.0 Å². The Labute approximate surface area is 118 Å². The molecule has 6 heteroatoms. The molecule has 6 nitrogen and oxygen atoms in total. The van der Waals surface area contributed by atoms with Crippen LogP contribution in [0.5, 0.6) is 0 Å². The molecular weight excluding hydrogens is 254 g/mol. The quantitative estimate of drug-likeness (QED) is 0.869. The summed E-state index contributed by atoms with van der Waals surface area (Å²) in [5.74, 6) is 0.822. The summed E-state index contributed by atoms with van der Waals surface area (Å²) >= 11 is 0. The maximum absolute atomic E-state index is 9.25. The molecule has 2 aromatic heterocycles. The molecule has 0 bridgehead atoms. The van der Waals surface area contributed by atoms with Gasteiger partial charge in [-0.15, -0.1) is 0 Å². The predicted molar refractivity (Wildman–Crippen MR) is 78.8 cm³/mol. The van der Waals surface area contributed by atoms with Gasteiger partial charge in [-0.05, 0) is 45.1 Å². The Morgan fingerprint density at radius 2 is 2.20 bits per heavy atom. The number of anilines is 1. The number of aliphatic hydroxyl groups is 1. The number of pyridine rings is 1. The van der Waals surface area contributed by atoms with Crippen LogP contribution in [0.1, 0.15) is 12.8 Å². The molecule has 0 aliphatic carbocycles. The lowest BCUT2D eigenvalue weighted by Gasteiger charge is -2.29. The SMILES string of the molecule is CN1CCC(Nc2nc3cccnc3n2CCO)CC1. The number of hydrogen-bond donors (Lipinski definition) is 2. The highest BCUT2D eigenvalue weighted by molar-refractivity contribution is 5.74. The number of aromatic nitrogens is 3. The van der Waals surface area contributed by atoms with E-state index in [1.807, 2.05) is 16.7 Å². The van der Waals surface area contributed by atoms with E-state index in [4.69, 9.17) is 0 Å². The van der Waals surface area contributed by atoms with Crippen molar-refractivity contribution >= 4 is 17.1 Å². The van der Waals surface area contributed by atoms with E-state index in [-0.39, 0.29) is 6.61 Å². The summed E-state index contributed by atoms with van der Waals surface area (Å²) < 4.78 is 1.97. The zero-order chi connectivity index (χ0) is 13.9. The second kappa shape index (κ2) is 5.76. The van der Waals surface area contributed by atoms with E-state index >= 15 is 0 Å². The van der Waals surface area contributed by atoms with Crippen LogP contribution in [0.3, 0.4) is 0 Å². The summed E-state index contributed by atoms with van der Waals surface area (Å²) in [6.45, 7) is 2.82. The number of imidazole rings is 1. The van der Waals surface area contributed by atoms with Crippen molar-refractivity contribution in [2.75, 3.05) is 32.1 Å². The summed E-state index contributed by atoms with van der Waals surface area (Å²) in [4.78, 5) is 11.3. The van der Waals surface area contributed by atoms with E-state index in [0.29, 0.717) is 12.6 Å². The minimum atomic E-state index is 0.0874. The lowest BCUT2D eigenvalue weighted by molar-refractivity contribution is 0.262. The van der Waals surface area contributed by atoms with Gasteiger partial charge in [-0.25, -0.2) is 9.97 Å². The molecule has 2 N–H and O–H groups in total. The fourth-order valence-electron chi connectivity index (χ4n) is 2.72. The van der Waals surface area contributed by atoms with Gasteiger partial charge < -0.3 is 15.3 Å². The maximum atomic E-state index is 9.25.